The molecule has 3 amide bonds. The lowest BCUT2D eigenvalue weighted by atomic mass is 9.95. The summed E-state index contributed by atoms with van der Waals surface area (Å²) >= 11 is 0. The van der Waals surface area contributed by atoms with Gasteiger partial charge in [0.15, 0.2) is 11.5 Å². The highest BCUT2D eigenvalue weighted by molar-refractivity contribution is 5.83. The highest BCUT2D eigenvalue weighted by Gasteiger charge is 2.36. The van der Waals surface area contributed by atoms with Crippen LogP contribution in [0.5, 0.6) is 11.5 Å². The predicted octanol–water partition coefficient (Wildman–Crippen LogP) is 2.14. The van der Waals surface area contributed by atoms with E-state index in [-0.39, 0.29) is 30.4 Å². The first-order valence-electron chi connectivity index (χ1n) is 11.7. The number of rotatable bonds is 2. The number of nitrogens with zero attached hydrogens (tertiary/aromatic N) is 3. The summed E-state index contributed by atoms with van der Waals surface area (Å²) in [5, 5.41) is 0. The van der Waals surface area contributed by atoms with Gasteiger partial charge in [-0.2, -0.15) is 0 Å². The first kappa shape index (κ1) is 23.2. The maximum Gasteiger partial charge on any atom is 0.410 e. The largest absolute Gasteiger partial charge is 0.485 e. The van der Waals surface area contributed by atoms with Crippen LogP contribution < -0.4 is 9.47 Å². The predicted molar refractivity (Wildman–Crippen MR) is 120 cm³/mol. The first-order chi connectivity index (χ1) is 15.7. The number of fused-ring (bicyclic) bond motifs is 1. The first-order valence-corrected chi connectivity index (χ1v) is 11.7. The molecule has 1 aromatic carbocycles. The number of ether oxygens (including phenoxy) is 3. The second-order valence-electron chi connectivity index (χ2n) is 9.76. The van der Waals surface area contributed by atoms with E-state index in [9.17, 15) is 14.4 Å². The van der Waals surface area contributed by atoms with Crippen LogP contribution in [0.25, 0.3) is 0 Å². The number of piperidine rings is 1. The monoisotopic (exact) mass is 459 g/mol. The van der Waals surface area contributed by atoms with E-state index >= 15 is 0 Å². The van der Waals surface area contributed by atoms with E-state index in [1.54, 1.807) is 15.9 Å². The molecule has 3 aliphatic rings. The average molecular weight is 460 g/mol. The molecule has 0 unspecified atom stereocenters. The Labute approximate surface area is 194 Å². The molecule has 3 aliphatic heterocycles. The highest BCUT2D eigenvalue weighted by atomic mass is 16.6. The summed E-state index contributed by atoms with van der Waals surface area (Å²) in [6.45, 7) is 8.71. The van der Waals surface area contributed by atoms with Crippen LogP contribution in [-0.2, 0) is 14.3 Å². The number of para-hydroxylation sites is 2. The van der Waals surface area contributed by atoms with E-state index in [1.165, 1.54) is 0 Å². The van der Waals surface area contributed by atoms with Gasteiger partial charge in [-0.05, 0) is 45.7 Å². The molecule has 0 bridgehead atoms. The van der Waals surface area contributed by atoms with E-state index in [0.29, 0.717) is 63.6 Å². The third kappa shape index (κ3) is 5.51. The summed E-state index contributed by atoms with van der Waals surface area (Å²) in [4.78, 5) is 43.4. The van der Waals surface area contributed by atoms with Gasteiger partial charge in [0.05, 0.1) is 0 Å². The minimum absolute atomic E-state index is 0.0995. The Kier molecular flexibility index (Phi) is 6.67. The highest BCUT2D eigenvalue weighted by Crippen LogP contribution is 2.31. The number of carbonyl (C=O) groups is 3. The molecule has 9 nitrogen and oxygen atoms in total. The molecular formula is C24H33N3O6. The van der Waals surface area contributed by atoms with E-state index in [4.69, 9.17) is 14.2 Å². The van der Waals surface area contributed by atoms with Crippen molar-refractivity contribution in [2.75, 3.05) is 45.9 Å². The minimum Gasteiger partial charge on any atom is -0.485 e. The Hall–Kier alpha value is -2.97. The Balaban J connectivity index is 1.23. The van der Waals surface area contributed by atoms with Gasteiger partial charge in [0.1, 0.15) is 12.2 Å². The second-order valence-corrected chi connectivity index (χ2v) is 9.76. The number of amides is 3. The molecular weight excluding hydrogens is 426 g/mol. The molecule has 0 spiro atoms. The molecule has 0 radical (unpaired) electrons. The lowest BCUT2D eigenvalue weighted by Crippen LogP contribution is -2.56. The fraction of sp³-hybridized carbons (Fsp3) is 0.625. The van der Waals surface area contributed by atoms with Crippen molar-refractivity contribution in [3.8, 4) is 11.5 Å². The van der Waals surface area contributed by atoms with Crippen LogP contribution in [0.3, 0.4) is 0 Å². The summed E-state index contributed by atoms with van der Waals surface area (Å²) in [5.41, 5.74) is -0.529. The van der Waals surface area contributed by atoms with E-state index < -0.39 is 11.7 Å². The molecule has 3 heterocycles. The van der Waals surface area contributed by atoms with Crippen LogP contribution in [0.1, 0.15) is 33.6 Å². The van der Waals surface area contributed by atoms with Crippen molar-refractivity contribution in [3.05, 3.63) is 24.3 Å². The number of carbonyl (C=O) groups excluding carboxylic acids is 3. The van der Waals surface area contributed by atoms with E-state index in [1.807, 2.05) is 43.9 Å². The normalized spacial score (nSPS) is 21.5. The Bertz CT molecular complexity index is 882. The molecule has 2 saturated heterocycles. The van der Waals surface area contributed by atoms with Gasteiger partial charge in [-0.15, -0.1) is 0 Å². The van der Waals surface area contributed by atoms with Gasteiger partial charge in [0, 0.05) is 45.2 Å². The van der Waals surface area contributed by atoms with Gasteiger partial charge in [0.25, 0.3) is 5.91 Å². The summed E-state index contributed by atoms with van der Waals surface area (Å²) in [6, 6.07) is 7.32. The third-order valence-corrected chi connectivity index (χ3v) is 6.18. The van der Waals surface area contributed by atoms with Crippen molar-refractivity contribution in [3.63, 3.8) is 0 Å². The van der Waals surface area contributed by atoms with E-state index in [0.717, 1.165) is 0 Å². The average Bonchev–Trinajstić information content (AvgIpc) is 2.82. The SMILES string of the molecule is CC(C)(C)OC(=O)N1CCC(C(=O)N2CCN(C(=O)[C@H]3COc4ccccc4O3)CC2)CC1. The molecule has 0 saturated carbocycles. The Morgan fingerprint density at radius 1 is 0.848 bits per heavy atom. The topological polar surface area (TPSA) is 88.6 Å². The number of piperazine rings is 1. The van der Waals surface area contributed by atoms with Crippen LogP contribution in [0.4, 0.5) is 4.79 Å². The van der Waals surface area contributed by atoms with E-state index in [2.05, 4.69) is 0 Å². The molecule has 2 fully saturated rings. The molecule has 0 aliphatic carbocycles. The Morgan fingerprint density at radius 3 is 2.03 bits per heavy atom. The number of hydrogen-bond donors (Lipinski definition) is 0. The Morgan fingerprint density at radius 2 is 1.42 bits per heavy atom. The maximum absolute atomic E-state index is 13.0. The minimum atomic E-state index is -0.667. The van der Waals surface area contributed by atoms with Gasteiger partial charge in [-0.25, -0.2) is 4.79 Å². The van der Waals surface area contributed by atoms with Crippen LogP contribution in [0.15, 0.2) is 24.3 Å². The van der Waals surface area contributed by atoms with Crippen molar-refractivity contribution in [1.29, 1.82) is 0 Å². The zero-order valence-corrected chi connectivity index (χ0v) is 19.6. The van der Waals surface area contributed by atoms with Crippen molar-refractivity contribution in [2.45, 2.75) is 45.3 Å². The van der Waals surface area contributed by atoms with Crippen molar-refractivity contribution in [2.24, 2.45) is 5.92 Å². The second kappa shape index (κ2) is 9.49. The van der Waals surface area contributed by atoms with Crippen LogP contribution >= 0.6 is 0 Å². The van der Waals surface area contributed by atoms with Gasteiger partial charge in [0.2, 0.25) is 12.0 Å². The zero-order valence-electron chi connectivity index (χ0n) is 19.6. The van der Waals surface area contributed by atoms with Gasteiger partial charge < -0.3 is 28.9 Å². The third-order valence-electron chi connectivity index (χ3n) is 6.18. The number of benzene rings is 1. The molecule has 4 rings (SSSR count). The summed E-state index contributed by atoms with van der Waals surface area (Å²) in [7, 11) is 0. The lowest BCUT2D eigenvalue weighted by Gasteiger charge is -2.39. The lowest BCUT2D eigenvalue weighted by molar-refractivity contribution is -0.148. The molecule has 0 N–H and O–H groups in total. The van der Waals surface area contributed by atoms with Gasteiger partial charge in [-0.1, -0.05) is 12.1 Å². The maximum atomic E-state index is 13.0. The zero-order chi connectivity index (χ0) is 23.6. The van der Waals surface area contributed by atoms with Crippen LogP contribution in [0.2, 0.25) is 0 Å². The smallest absolute Gasteiger partial charge is 0.410 e. The molecule has 33 heavy (non-hydrogen) atoms. The molecule has 1 aromatic rings. The van der Waals surface area contributed by atoms with Gasteiger partial charge >= 0.3 is 6.09 Å². The quantitative estimate of drug-likeness (QED) is 0.673. The van der Waals surface area contributed by atoms with Gasteiger partial charge in [-0.3, -0.25) is 9.59 Å². The molecule has 180 valence electrons. The van der Waals surface area contributed by atoms with Crippen molar-refractivity contribution in [1.82, 2.24) is 14.7 Å². The summed E-state index contributed by atoms with van der Waals surface area (Å²) in [5.74, 6) is 1.13. The summed E-state index contributed by atoms with van der Waals surface area (Å²) in [6.07, 6.45) is 0.268. The van der Waals surface area contributed by atoms with Crippen molar-refractivity contribution < 1.29 is 28.6 Å². The fourth-order valence-corrected chi connectivity index (χ4v) is 4.39. The molecule has 9 heteroatoms. The molecule has 1 atom stereocenters. The standard InChI is InChI=1S/C24H33N3O6/c1-24(2,3)33-23(30)27-10-8-17(9-11-27)21(28)25-12-14-26(15-13-25)22(29)20-16-31-18-6-4-5-7-19(18)32-20/h4-7,17,20H,8-16H2,1-3H3/t20-/m1/s1. The van der Waals surface area contributed by atoms with Crippen molar-refractivity contribution >= 4 is 17.9 Å². The summed E-state index contributed by atoms with van der Waals surface area (Å²) < 4.78 is 16.9. The van der Waals surface area contributed by atoms with Crippen LogP contribution in [0, 0.1) is 5.92 Å². The fourth-order valence-electron chi connectivity index (χ4n) is 4.39. The molecule has 0 aromatic heterocycles. The number of hydrogen-bond acceptors (Lipinski definition) is 6. The number of likely N-dealkylation sites (tertiary alicyclic amines) is 1. The van der Waals surface area contributed by atoms with Crippen LogP contribution in [-0.4, -0.2) is 90.2 Å².